The number of carboxylic acids is 1. The molecule has 176 valence electrons. The lowest BCUT2D eigenvalue weighted by molar-refractivity contribution is 0.0692. The molecule has 0 aliphatic rings. The Kier molecular flexibility index (Phi) is 7.27. The van der Waals surface area contributed by atoms with Crippen LogP contribution in [0.1, 0.15) is 31.8 Å². The number of carbonyl (C=O) groups is 2. The van der Waals surface area contributed by atoms with E-state index in [9.17, 15) is 24.2 Å². The Bertz CT molecular complexity index is 1350. The van der Waals surface area contributed by atoms with E-state index in [2.05, 4.69) is 15.9 Å². The Labute approximate surface area is 210 Å². The summed E-state index contributed by atoms with van der Waals surface area (Å²) in [6, 6.07) is 25.0. The predicted molar refractivity (Wildman–Crippen MR) is 135 cm³/mol. The maximum atomic E-state index is 13.4. The highest BCUT2D eigenvalue weighted by molar-refractivity contribution is 9.10. The minimum atomic E-state index is -1.20. The number of benzene rings is 4. The van der Waals surface area contributed by atoms with Gasteiger partial charge in [-0.05, 0) is 70.8 Å². The third-order valence-electron chi connectivity index (χ3n) is 5.55. The molecule has 0 fully saturated rings. The van der Waals surface area contributed by atoms with Crippen molar-refractivity contribution >= 4 is 27.8 Å². The molecule has 0 bridgehead atoms. The Morgan fingerprint density at radius 1 is 0.771 bits per heavy atom. The normalized spacial score (nSPS) is 10.7. The van der Waals surface area contributed by atoms with Crippen LogP contribution in [-0.2, 0) is 13.1 Å². The fourth-order valence-electron chi connectivity index (χ4n) is 3.69. The van der Waals surface area contributed by atoms with E-state index < -0.39 is 5.97 Å². The van der Waals surface area contributed by atoms with Crippen molar-refractivity contribution < 1.29 is 24.2 Å². The summed E-state index contributed by atoms with van der Waals surface area (Å²) in [6.45, 7) is 0.624. The number of carboxylic acid groups (broad SMARTS) is 1. The van der Waals surface area contributed by atoms with E-state index in [0.717, 1.165) is 21.2 Å². The summed E-state index contributed by atoms with van der Waals surface area (Å²) in [4.78, 5) is 26.3. The maximum Gasteiger partial charge on any atom is 0.339 e. The van der Waals surface area contributed by atoms with Gasteiger partial charge in [-0.15, -0.1) is 0 Å². The number of hydrogen-bond acceptors (Lipinski definition) is 3. The molecule has 1 amide bonds. The fraction of sp³-hybridized carbons (Fsp3) is 0.0714. The Morgan fingerprint density at radius 2 is 1.31 bits per heavy atom. The quantitative estimate of drug-likeness (QED) is 0.284. The zero-order chi connectivity index (χ0) is 24.9. The van der Waals surface area contributed by atoms with Crippen molar-refractivity contribution in [3.8, 4) is 16.9 Å². The zero-order valence-electron chi connectivity index (χ0n) is 18.5. The van der Waals surface area contributed by atoms with Crippen LogP contribution in [0.4, 0.5) is 4.39 Å². The first-order valence-corrected chi connectivity index (χ1v) is 11.5. The smallest absolute Gasteiger partial charge is 0.339 e. The third-order valence-corrected chi connectivity index (χ3v) is 6.08. The second-order valence-corrected chi connectivity index (χ2v) is 8.94. The number of hydrogen-bond donors (Lipinski definition) is 2. The molecule has 4 rings (SSSR count). The molecule has 4 aromatic carbocycles. The minimum Gasteiger partial charge on any atom is -0.507 e. The van der Waals surface area contributed by atoms with Gasteiger partial charge in [0, 0.05) is 23.1 Å². The van der Waals surface area contributed by atoms with Gasteiger partial charge in [-0.2, -0.15) is 0 Å². The number of nitrogens with zero attached hydrogens (tertiary/aromatic N) is 1. The molecule has 35 heavy (non-hydrogen) atoms. The van der Waals surface area contributed by atoms with Crippen molar-refractivity contribution in [3.63, 3.8) is 0 Å². The van der Waals surface area contributed by atoms with Gasteiger partial charge in [-0.3, -0.25) is 4.79 Å². The highest BCUT2D eigenvalue weighted by Gasteiger charge is 2.17. The first-order valence-electron chi connectivity index (χ1n) is 10.7. The molecule has 5 nitrogen and oxygen atoms in total. The van der Waals surface area contributed by atoms with Gasteiger partial charge in [0.2, 0.25) is 0 Å². The molecule has 0 aliphatic carbocycles. The van der Waals surface area contributed by atoms with Crippen LogP contribution in [-0.4, -0.2) is 27.0 Å². The van der Waals surface area contributed by atoms with E-state index in [4.69, 9.17) is 0 Å². The lowest BCUT2D eigenvalue weighted by Gasteiger charge is -2.23. The standard InChI is InChI=1S/C28H21BrFNO4/c29-23-10-7-21(8-11-23)27(33)31(17-19-3-12-24(30)13-4-19)16-18-1-5-20(6-2-18)22-9-14-26(32)25(15-22)28(34)35/h1-15,32H,16-17H2,(H,34,35). The molecular formula is C28H21BrFNO4. The summed E-state index contributed by atoms with van der Waals surface area (Å²) in [7, 11) is 0. The summed E-state index contributed by atoms with van der Waals surface area (Å²) in [5.74, 6) is -1.99. The first-order chi connectivity index (χ1) is 16.8. The van der Waals surface area contributed by atoms with E-state index >= 15 is 0 Å². The summed E-state index contributed by atoms with van der Waals surface area (Å²) >= 11 is 3.38. The first kappa shape index (κ1) is 24.2. The summed E-state index contributed by atoms with van der Waals surface area (Å²) < 4.78 is 14.2. The SMILES string of the molecule is O=C(O)c1cc(-c2ccc(CN(Cc3ccc(F)cc3)C(=O)c3ccc(Br)cc3)cc2)ccc1O. The predicted octanol–water partition coefficient (Wildman–Crippen LogP) is 6.50. The van der Waals surface area contributed by atoms with Gasteiger partial charge < -0.3 is 15.1 Å². The van der Waals surface area contributed by atoms with Gasteiger partial charge in [-0.1, -0.05) is 58.4 Å². The Balaban J connectivity index is 1.59. The molecule has 0 saturated carbocycles. The van der Waals surface area contributed by atoms with Crippen molar-refractivity contribution in [1.82, 2.24) is 4.90 Å². The van der Waals surface area contributed by atoms with Crippen molar-refractivity contribution in [2.24, 2.45) is 0 Å². The second-order valence-electron chi connectivity index (χ2n) is 8.03. The average Bonchev–Trinajstić information content (AvgIpc) is 2.85. The van der Waals surface area contributed by atoms with E-state index in [1.54, 1.807) is 47.4 Å². The molecule has 7 heteroatoms. The van der Waals surface area contributed by atoms with Crippen LogP contribution in [0.15, 0.2) is 95.5 Å². The van der Waals surface area contributed by atoms with E-state index in [0.29, 0.717) is 24.2 Å². The van der Waals surface area contributed by atoms with Crippen molar-refractivity contribution in [3.05, 3.63) is 124 Å². The second kappa shape index (κ2) is 10.5. The van der Waals surface area contributed by atoms with Gasteiger partial charge in [0.1, 0.15) is 17.1 Å². The number of phenols is 1. The summed E-state index contributed by atoms with van der Waals surface area (Å²) in [6.07, 6.45) is 0. The molecule has 4 aromatic rings. The highest BCUT2D eigenvalue weighted by Crippen LogP contribution is 2.27. The van der Waals surface area contributed by atoms with Crippen LogP contribution in [0.2, 0.25) is 0 Å². The highest BCUT2D eigenvalue weighted by atomic mass is 79.9. The Hall–Kier alpha value is -3.97. The third kappa shape index (κ3) is 5.94. The van der Waals surface area contributed by atoms with Gasteiger partial charge in [0.15, 0.2) is 0 Å². The number of aromatic carboxylic acids is 1. The number of rotatable bonds is 7. The lowest BCUT2D eigenvalue weighted by atomic mass is 10.0. The van der Waals surface area contributed by atoms with Crippen molar-refractivity contribution in [2.75, 3.05) is 0 Å². The van der Waals surface area contributed by atoms with E-state index in [-0.39, 0.29) is 23.0 Å². The van der Waals surface area contributed by atoms with Gasteiger partial charge >= 0.3 is 5.97 Å². The van der Waals surface area contributed by atoms with Crippen LogP contribution in [0.5, 0.6) is 5.75 Å². The average molecular weight is 534 g/mol. The van der Waals surface area contributed by atoms with Crippen LogP contribution >= 0.6 is 15.9 Å². The monoisotopic (exact) mass is 533 g/mol. The molecule has 0 saturated heterocycles. The molecule has 0 atom stereocenters. The molecular weight excluding hydrogens is 513 g/mol. The number of halogens is 2. The molecule has 0 radical (unpaired) electrons. The minimum absolute atomic E-state index is 0.157. The fourth-order valence-corrected chi connectivity index (χ4v) is 3.96. The molecule has 0 spiro atoms. The zero-order valence-corrected chi connectivity index (χ0v) is 20.1. The largest absolute Gasteiger partial charge is 0.507 e. The summed E-state index contributed by atoms with van der Waals surface area (Å²) in [5.41, 5.74) is 3.48. The number of carbonyl (C=O) groups excluding carboxylic acids is 1. The molecule has 0 unspecified atom stereocenters. The molecule has 0 aliphatic heterocycles. The van der Waals surface area contributed by atoms with E-state index in [1.165, 1.54) is 24.3 Å². The van der Waals surface area contributed by atoms with Gasteiger partial charge in [0.05, 0.1) is 0 Å². The number of aromatic hydroxyl groups is 1. The van der Waals surface area contributed by atoms with Crippen molar-refractivity contribution in [1.29, 1.82) is 0 Å². The Morgan fingerprint density at radius 3 is 1.89 bits per heavy atom. The van der Waals surface area contributed by atoms with Crippen LogP contribution < -0.4 is 0 Å². The number of amides is 1. The van der Waals surface area contributed by atoms with Gasteiger partial charge in [0.25, 0.3) is 5.91 Å². The van der Waals surface area contributed by atoms with Crippen LogP contribution in [0.3, 0.4) is 0 Å². The maximum absolute atomic E-state index is 13.4. The summed E-state index contributed by atoms with van der Waals surface area (Å²) in [5, 5.41) is 19.0. The topological polar surface area (TPSA) is 77.8 Å². The molecule has 0 heterocycles. The molecule has 0 aromatic heterocycles. The van der Waals surface area contributed by atoms with Crippen LogP contribution in [0, 0.1) is 5.82 Å². The lowest BCUT2D eigenvalue weighted by Crippen LogP contribution is -2.30. The van der Waals surface area contributed by atoms with Crippen molar-refractivity contribution in [2.45, 2.75) is 13.1 Å². The van der Waals surface area contributed by atoms with E-state index in [1.807, 2.05) is 24.3 Å². The molecule has 2 N–H and O–H groups in total. The van der Waals surface area contributed by atoms with Gasteiger partial charge in [-0.25, -0.2) is 9.18 Å². The van der Waals surface area contributed by atoms with Crippen LogP contribution in [0.25, 0.3) is 11.1 Å².